The topological polar surface area (TPSA) is 138 Å². The van der Waals surface area contributed by atoms with Crippen molar-refractivity contribution in [2.24, 2.45) is 10.9 Å². The molecule has 9 heteroatoms. The van der Waals surface area contributed by atoms with E-state index in [0.29, 0.717) is 30.1 Å². The third kappa shape index (κ3) is 4.30. The number of nitrogens with two attached hydrogens (primary N) is 2. The molecule has 2 heterocycles. The van der Waals surface area contributed by atoms with Gasteiger partial charge in [0.05, 0.1) is 24.2 Å². The molecule has 0 amide bonds. The van der Waals surface area contributed by atoms with Gasteiger partial charge in [0.1, 0.15) is 17.7 Å². The van der Waals surface area contributed by atoms with Crippen molar-refractivity contribution < 1.29 is 22.6 Å². The Morgan fingerprint density at radius 3 is 2.26 bits per heavy atom. The first-order valence-corrected chi connectivity index (χ1v) is 12.4. The van der Waals surface area contributed by atoms with Crippen LogP contribution in [0.25, 0.3) is 11.1 Å². The fourth-order valence-electron chi connectivity index (χ4n) is 4.60. The van der Waals surface area contributed by atoms with Gasteiger partial charge in [0.15, 0.2) is 6.10 Å². The molecule has 0 bridgehead atoms. The molecule has 0 unspecified atom stereocenters. The number of hydrogen-bond acceptors (Lipinski definition) is 6. The second-order valence-corrected chi connectivity index (χ2v) is 9.99. The molecule has 176 valence electrons. The van der Waals surface area contributed by atoms with Crippen molar-refractivity contribution in [3.05, 3.63) is 83.9 Å². The summed E-state index contributed by atoms with van der Waals surface area (Å²) in [5.41, 5.74) is 8.58. The summed E-state index contributed by atoms with van der Waals surface area (Å²) in [6.07, 6.45) is -0.566. The van der Waals surface area contributed by atoms with E-state index < -0.39 is 10.0 Å². The Bertz CT molecular complexity index is 1310. The highest BCUT2D eigenvalue weighted by Gasteiger charge is 2.49. The Labute approximate surface area is 198 Å². The molecular formula is C25H25N3O5S. The number of rotatable bonds is 6. The Morgan fingerprint density at radius 1 is 0.912 bits per heavy atom. The maximum absolute atomic E-state index is 11.9. The number of amidine groups is 1. The maximum atomic E-state index is 11.9. The van der Waals surface area contributed by atoms with Crippen LogP contribution in [-0.4, -0.2) is 45.8 Å². The van der Waals surface area contributed by atoms with Gasteiger partial charge in [-0.05, 0) is 29.3 Å². The molecule has 0 radical (unpaired) electrons. The summed E-state index contributed by atoms with van der Waals surface area (Å²) in [6.45, 7) is 0.936. The van der Waals surface area contributed by atoms with Gasteiger partial charge in [-0.25, -0.2) is 13.6 Å². The van der Waals surface area contributed by atoms with Crippen LogP contribution >= 0.6 is 0 Å². The molecule has 2 aliphatic heterocycles. The lowest BCUT2D eigenvalue weighted by Gasteiger charge is -2.18. The van der Waals surface area contributed by atoms with E-state index >= 15 is 0 Å². The average Bonchev–Trinajstić information content (AvgIpc) is 3.42. The third-order valence-electron chi connectivity index (χ3n) is 6.30. The first kappa shape index (κ1) is 22.5. The second-order valence-electron chi connectivity index (χ2n) is 8.46. The van der Waals surface area contributed by atoms with E-state index in [4.69, 9.17) is 30.5 Å². The summed E-state index contributed by atoms with van der Waals surface area (Å²) in [6, 6.07) is 21.4. The average molecular weight is 480 g/mol. The first-order chi connectivity index (χ1) is 16.3. The quantitative estimate of drug-likeness (QED) is 0.367. The third-order valence-corrected chi connectivity index (χ3v) is 7.27. The normalized spacial score (nSPS) is 24.0. The first-order valence-electron chi connectivity index (χ1n) is 10.9. The number of ether oxygens (including phenoxy) is 3. The van der Waals surface area contributed by atoms with E-state index in [0.717, 1.165) is 11.1 Å². The Kier molecular flexibility index (Phi) is 5.86. The Balaban J connectivity index is 1.28. The van der Waals surface area contributed by atoms with Crippen LogP contribution in [0.4, 0.5) is 0 Å². The molecule has 4 atom stereocenters. The van der Waals surface area contributed by atoms with Crippen LogP contribution in [0.1, 0.15) is 17.0 Å². The highest BCUT2D eigenvalue weighted by Crippen LogP contribution is 2.39. The molecule has 0 saturated carbocycles. The lowest BCUT2D eigenvalue weighted by atomic mass is 9.92. The fraction of sp³-hybridized carbons (Fsp3) is 0.240. The number of nitrogen functional groups attached to an aromatic ring is 1. The monoisotopic (exact) mass is 479 g/mol. The van der Waals surface area contributed by atoms with Gasteiger partial charge in [-0.3, -0.25) is 5.41 Å². The summed E-state index contributed by atoms with van der Waals surface area (Å²) in [5.74, 6) is 0.762. The van der Waals surface area contributed by atoms with Gasteiger partial charge in [0, 0.05) is 17.0 Å². The second kappa shape index (κ2) is 8.84. The predicted octanol–water partition coefficient (Wildman–Crippen LogP) is 2.61. The molecule has 2 saturated heterocycles. The number of fused-ring (bicyclic) bond motifs is 1. The summed E-state index contributed by atoms with van der Waals surface area (Å²) >= 11 is 0. The Hall–Kier alpha value is -3.24. The van der Waals surface area contributed by atoms with E-state index in [1.54, 1.807) is 30.3 Å². The minimum absolute atomic E-state index is 0.0387. The zero-order chi connectivity index (χ0) is 23.9. The predicted molar refractivity (Wildman–Crippen MR) is 127 cm³/mol. The molecule has 0 aromatic heterocycles. The van der Waals surface area contributed by atoms with E-state index in [2.05, 4.69) is 0 Å². The van der Waals surface area contributed by atoms with Crippen LogP contribution in [0.15, 0.2) is 77.7 Å². The van der Waals surface area contributed by atoms with Gasteiger partial charge in [-0.2, -0.15) is 0 Å². The van der Waals surface area contributed by atoms with Crippen LogP contribution in [-0.2, 0) is 19.5 Å². The van der Waals surface area contributed by atoms with Crippen molar-refractivity contribution in [1.29, 1.82) is 5.41 Å². The van der Waals surface area contributed by atoms with E-state index in [1.807, 2.05) is 36.4 Å². The largest absolute Gasteiger partial charge is 0.485 e. The molecule has 5 rings (SSSR count). The number of nitrogens with one attached hydrogen (secondary N) is 1. The van der Waals surface area contributed by atoms with Crippen molar-refractivity contribution in [2.45, 2.75) is 29.1 Å². The molecule has 8 nitrogen and oxygen atoms in total. The molecular weight excluding hydrogens is 454 g/mol. The molecule has 34 heavy (non-hydrogen) atoms. The summed E-state index contributed by atoms with van der Waals surface area (Å²) < 4.78 is 42.1. The van der Waals surface area contributed by atoms with Crippen LogP contribution < -0.4 is 15.6 Å². The molecule has 0 spiro atoms. The highest BCUT2D eigenvalue weighted by molar-refractivity contribution is 7.89. The van der Waals surface area contributed by atoms with Crippen molar-refractivity contribution >= 4 is 15.9 Å². The van der Waals surface area contributed by atoms with Gasteiger partial charge < -0.3 is 19.9 Å². The SMILES string of the molecule is N=C(N)c1ccc([C@H]2CO[C@H]3[C@@H]2OC[C@H]3Oc2ccc(-c3ccccc3S(N)(=O)=O)cc2)cc1. The zero-order valence-electron chi connectivity index (χ0n) is 18.3. The van der Waals surface area contributed by atoms with E-state index in [-0.39, 0.29) is 35.0 Å². The molecule has 3 aromatic carbocycles. The smallest absolute Gasteiger partial charge is 0.238 e. The molecule has 2 aliphatic rings. The van der Waals surface area contributed by atoms with Crippen LogP contribution in [0.3, 0.4) is 0 Å². The molecule has 0 aliphatic carbocycles. The lowest BCUT2D eigenvalue weighted by Crippen LogP contribution is -2.33. The summed E-state index contributed by atoms with van der Waals surface area (Å²) in [5, 5.41) is 12.9. The van der Waals surface area contributed by atoms with Crippen LogP contribution in [0, 0.1) is 5.41 Å². The number of benzene rings is 3. The van der Waals surface area contributed by atoms with Crippen LogP contribution in [0.2, 0.25) is 0 Å². The van der Waals surface area contributed by atoms with Crippen LogP contribution in [0.5, 0.6) is 5.75 Å². The number of sulfonamides is 1. The molecule has 3 aromatic rings. The van der Waals surface area contributed by atoms with Gasteiger partial charge in [-0.15, -0.1) is 0 Å². The standard InChI is InChI=1S/C25H25N3O5S/c26-25(27)17-7-5-16(6-8-17)20-13-31-24-21(14-32-23(20)24)33-18-11-9-15(10-12-18)19-3-1-2-4-22(19)34(28,29)30/h1-12,20-21,23-24H,13-14H2,(H3,26,27)(H2,28,29,30)/t20-,21-,23-,24-/m1/s1. The van der Waals surface area contributed by atoms with E-state index in [9.17, 15) is 8.42 Å². The van der Waals surface area contributed by atoms with Gasteiger partial charge in [0.25, 0.3) is 0 Å². The Morgan fingerprint density at radius 2 is 1.59 bits per heavy atom. The van der Waals surface area contributed by atoms with Crippen molar-refractivity contribution in [1.82, 2.24) is 0 Å². The maximum Gasteiger partial charge on any atom is 0.238 e. The highest BCUT2D eigenvalue weighted by atomic mass is 32.2. The minimum Gasteiger partial charge on any atom is -0.485 e. The van der Waals surface area contributed by atoms with Gasteiger partial charge in [-0.1, -0.05) is 54.6 Å². The lowest BCUT2D eigenvalue weighted by molar-refractivity contribution is 0.0305. The van der Waals surface area contributed by atoms with Gasteiger partial charge >= 0.3 is 0 Å². The zero-order valence-corrected chi connectivity index (χ0v) is 19.1. The number of primary sulfonamides is 1. The summed E-state index contributed by atoms with van der Waals surface area (Å²) in [4.78, 5) is 0.0810. The van der Waals surface area contributed by atoms with Gasteiger partial charge in [0.2, 0.25) is 10.0 Å². The summed E-state index contributed by atoms with van der Waals surface area (Å²) in [7, 11) is -3.84. The molecule has 2 fully saturated rings. The number of hydrogen-bond donors (Lipinski definition) is 3. The van der Waals surface area contributed by atoms with Crippen molar-refractivity contribution in [3.8, 4) is 16.9 Å². The van der Waals surface area contributed by atoms with Crippen molar-refractivity contribution in [2.75, 3.05) is 13.2 Å². The molecule has 5 N–H and O–H groups in total. The minimum atomic E-state index is -3.84. The van der Waals surface area contributed by atoms with E-state index in [1.165, 1.54) is 6.07 Å². The van der Waals surface area contributed by atoms with Crippen molar-refractivity contribution in [3.63, 3.8) is 0 Å². The fourth-order valence-corrected chi connectivity index (χ4v) is 5.36.